The quantitative estimate of drug-likeness (QED) is 0.117. The molecule has 4 aromatic heterocycles. The molecule has 0 aromatic carbocycles. The average Bonchev–Trinajstić information content (AvgIpc) is 4.20. The zero-order chi connectivity index (χ0) is 49.1. The molecule has 356 valence electrons. The van der Waals surface area contributed by atoms with E-state index in [0.717, 1.165) is 120 Å². The van der Waals surface area contributed by atoms with Crippen LogP contribution in [-0.4, -0.2) is 23.9 Å². The van der Waals surface area contributed by atoms with Crippen LogP contribution in [0.1, 0.15) is 174 Å². The van der Waals surface area contributed by atoms with Crippen LogP contribution in [0.4, 0.5) is 0 Å². The van der Waals surface area contributed by atoms with Gasteiger partial charge in [-0.1, -0.05) is 110 Å². The van der Waals surface area contributed by atoms with Crippen molar-refractivity contribution < 1.29 is 39.0 Å². The van der Waals surface area contributed by atoms with Gasteiger partial charge in [-0.3, -0.25) is 20.0 Å². The standard InChI is InChI=1S/2C30H36N4.2Zn/c2*1-9-23-17(3)15-31-29(23)13-27-19(5)25(21(7)33-27)11-12-26-20(6)28(34-22(26)8)14-30-24(10-2)18(4)16-32-30;;/h2*13-16H,9-12H2,1-8H3;;/q2*-2;2*+2/b2*27-13+,30-14+;;. The number of hydrogen-bond donors (Lipinski definition) is 0. The van der Waals surface area contributed by atoms with Crippen molar-refractivity contribution in [2.24, 2.45) is 20.0 Å². The number of nitrogens with zero attached hydrogens (tertiary/aromatic N) is 8. The summed E-state index contributed by atoms with van der Waals surface area (Å²) < 4.78 is 0. The van der Waals surface area contributed by atoms with Crippen molar-refractivity contribution in [3.8, 4) is 0 Å². The van der Waals surface area contributed by atoms with Crippen molar-refractivity contribution in [1.29, 1.82) is 0 Å². The molecule has 0 N–H and O–H groups in total. The topological polar surface area (TPSA) is 106 Å². The molecule has 4 aromatic rings. The predicted molar refractivity (Wildman–Crippen MR) is 289 cm³/mol. The molecule has 0 radical (unpaired) electrons. The molecule has 0 amide bonds. The predicted octanol–water partition coefficient (Wildman–Crippen LogP) is 14.0. The summed E-state index contributed by atoms with van der Waals surface area (Å²) in [5.74, 6) is 0. The van der Waals surface area contributed by atoms with E-state index in [0.29, 0.717) is 0 Å². The number of hydrogen-bond acceptors (Lipinski definition) is 4. The number of aromatic nitrogens is 4. The minimum absolute atomic E-state index is 0. The molecule has 70 heavy (non-hydrogen) atoms. The third-order valence-electron chi connectivity index (χ3n) is 14.7. The number of rotatable bonds is 14. The summed E-state index contributed by atoms with van der Waals surface area (Å²) in [6.07, 6.45) is 24.3. The van der Waals surface area contributed by atoms with Crippen molar-refractivity contribution in [2.75, 3.05) is 0 Å². The third-order valence-corrected chi connectivity index (χ3v) is 14.7. The van der Waals surface area contributed by atoms with Gasteiger partial charge in [-0.2, -0.15) is 23.8 Å². The Kier molecular flexibility index (Phi) is 19.1. The van der Waals surface area contributed by atoms with Crippen molar-refractivity contribution in [2.45, 2.75) is 162 Å². The molecule has 0 saturated heterocycles. The van der Waals surface area contributed by atoms with E-state index in [2.05, 4.69) is 155 Å². The second kappa shape index (κ2) is 23.9. The van der Waals surface area contributed by atoms with Gasteiger partial charge in [0.1, 0.15) is 0 Å². The first-order valence-corrected chi connectivity index (χ1v) is 24.8. The molecule has 0 unspecified atom stereocenters. The summed E-state index contributed by atoms with van der Waals surface area (Å²) in [5, 5.41) is 0. The average molecular weight is 1040 g/mol. The molecule has 0 fully saturated rings. The summed E-state index contributed by atoms with van der Waals surface area (Å²) >= 11 is 0. The van der Waals surface area contributed by atoms with Crippen LogP contribution in [0.5, 0.6) is 0 Å². The molecule has 4 aliphatic rings. The second-order valence-corrected chi connectivity index (χ2v) is 19.0. The van der Waals surface area contributed by atoms with E-state index in [1.54, 1.807) is 0 Å². The maximum absolute atomic E-state index is 4.90. The zero-order valence-electron chi connectivity index (χ0n) is 45.3. The van der Waals surface area contributed by atoms with E-state index < -0.39 is 0 Å². The minimum Gasteiger partial charge on any atom is -0.664 e. The van der Waals surface area contributed by atoms with E-state index in [4.69, 9.17) is 20.0 Å². The van der Waals surface area contributed by atoms with Crippen LogP contribution in [0.3, 0.4) is 0 Å². The van der Waals surface area contributed by atoms with E-state index >= 15 is 0 Å². The Morgan fingerprint density at radius 3 is 1.11 bits per heavy atom. The monoisotopic (exact) mass is 1030 g/mol. The fourth-order valence-electron chi connectivity index (χ4n) is 10.5. The Morgan fingerprint density at radius 1 is 0.414 bits per heavy atom. The van der Waals surface area contributed by atoms with Gasteiger partial charge in [0.2, 0.25) is 0 Å². The Labute approximate surface area is 444 Å². The van der Waals surface area contributed by atoms with E-state index in [9.17, 15) is 0 Å². The Morgan fingerprint density at radius 2 is 0.771 bits per heavy atom. The van der Waals surface area contributed by atoms with Crippen molar-refractivity contribution >= 4 is 48.2 Å². The summed E-state index contributed by atoms with van der Waals surface area (Å²) in [6, 6.07) is 0. The second-order valence-electron chi connectivity index (χ2n) is 19.0. The van der Waals surface area contributed by atoms with E-state index in [-0.39, 0.29) is 39.0 Å². The summed E-state index contributed by atoms with van der Waals surface area (Å²) in [6.45, 7) is 34.6. The van der Waals surface area contributed by atoms with Gasteiger partial charge in [-0.05, 0) is 165 Å². The van der Waals surface area contributed by atoms with Crippen LogP contribution in [0, 0.1) is 41.5 Å². The number of aryl methyl sites for hydroxylation is 4. The molecule has 0 spiro atoms. The molecule has 0 bridgehead atoms. The summed E-state index contributed by atoms with van der Waals surface area (Å²) in [7, 11) is 0. The molecular weight excluding hydrogens is 963 g/mol. The molecule has 0 atom stereocenters. The third kappa shape index (κ3) is 11.5. The molecule has 8 heterocycles. The maximum Gasteiger partial charge on any atom is 2.00 e. The van der Waals surface area contributed by atoms with Crippen molar-refractivity contribution in [3.05, 3.63) is 158 Å². The fraction of sp³-hybridized carbons (Fsp3) is 0.400. The normalized spacial score (nSPS) is 17.9. The Hall–Kier alpha value is -5.03. The van der Waals surface area contributed by atoms with Crippen LogP contribution < -0.4 is 19.9 Å². The van der Waals surface area contributed by atoms with Crippen molar-refractivity contribution in [1.82, 2.24) is 19.9 Å². The maximum atomic E-state index is 4.90. The molecule has 0 saturated carbocycles. The van der Waals surface area contributed by atoms with Crippen molar-refractivity contribution in [3.63, 3.8) is 0 Å². The van der Waals surface area contributed by atoms with Gasteiger partial charge >= 0.3 is 39.0 Å². The Bertz CT molecular complexity index is 2840. The zero-order valence-corrected chi connectivity index (χ0v) is 51.2. The van der Waals surface area contributed by atoms with Gasteiger partial charge in [-0.15, -0.1) is 22.8 Å². The first-order valence-electron chi connectivity index (χ1n) is 24.8. The molecule has 8 nitrogen and oxygen atoms in total. The van der Waals surface area contributed by atoms with E-state index in [1.165, 1.54) is 89.1 Å². The number of aliphatic imine (C=N–C) groups is 4. The largest absolute Gasteiger partial charge is 2.00 e. The summed E-state index contributed by atoms with van der Waals surface area (Å²) in [5.41, 5.74) is 33.7. The number of allylic oxidation sites excluding steroid dienone is 8. The Balaban J connectivity index is 0.000000254. The van der Waals surface area contributed by atoms with Crippen LogP contribution in [0.25, 0.3) is 24.3 Å². The van der Waals surface area contributed by atoms with Gasteiger partial charge in [0.05, 0.1) is 22.8 Å². The first-order chi connectivity index (χ1) is 32.5. The van der Waals surface area contributed by atoms with Gasteiger partial charge in [0.25, 0.3) is 0 Å². The van der Waals surface area contributed by atoms with Crippen LogP contribution in [0.2, 0.25) is 0 Å². The smallest absolute Gasteiger partial charge is 0.664 e. The van der Waals surface area contributed by atoms with Crippen LogP contribution >= 0.6 is 0 Å². The summed E-state index contributed by atoms with van der Waals surface area (Å²) in [4.78, 5) is 38.1. The SMILES string of the molecule is CCC1=C(C)C=N/C1=C/c1[n-]c(C)c(CCC2=C(C)/C(=C\c3[n-]cc(C)c3CC)N=C2C)c1C.CCC1=C(C)C=N/C1=C/c1[n-]c(C)c(CCC2=C(C)/C(=C\c3[n-]cc(C)c3CC)N=C2C)c1C.[Zn+2].[Zn+2]. The molecule has 8 rings (SSSR count). The van der Waals surface area contributed by atoms with Gasteiger partial charge in [-0.25, -0.2) is 0 Å². The molecule has 10 heteroatoms. The van der Waals surface area contributed by atoms with Gasteiger partial charge in [0, 0.05) is 23.9 Å². The van der Waals surface area contributed by atoms with E-state index in [1.807, 2.05) is 24.8 Å². The minimum atomic E-state index is 0. The van der Waals surface area contributed by atoms with Crippen LogP contribution in [0.15, 0.2) is 99.7 Å². The molecular formula is C60H72N8Zn2. The van der Waals surface area contributed by atoms with Gasteiger partial charge in [0.15, 0.2) is 0 Å². The van der Waals surface area contributed by atoms with Crippen LogP contribution in [-0.2, 0) is 64.6 Å². The molecule has 4 aliphatic heterocycles. The molecule has 0 aliphatic carbocycles. The first kappa shape index (κ1) is 55.9. The van der Waals surface area contributed by atoms with Gasteiger partial charge < -0.3 is 19.9 Å². The fourth-order valence-corrected chi connectivity index (χ4v) is 10.5.